The van der Waals surface area contributed by atoms with Gasteiger partial charge in [-0.15, -0.1) is 0 Å². The molecule has 2 N–H and O–H groups in total. The first kappa shape index (κ1) is 13.3. The smallest absolute Gasteiger partial charge is 0.273 e. The van der Waals surface area contributed by atoms with Gasteiger partial charge in [-0.25, -0.2) is 0 Å². The molecule has 7 nitrogen and oxygen atoms in total. The lowest BCUT2D eigenvalue weighted by molar-refractivity contribution is -0.384. The number of aromatic hydroxyl groups is 1. The Balaban J connectivity index is 2.15. The van der Waals surface area contributed by atoms with E-state index in [1.54, 1.807) is 6.92 Å². The molecular weight excluding hydrogens is 252 g/mol. The molecule has 7 heteroatoms. The molecule has 0 spiro atoms. The quantitative estimate of drug-likeness (QED) is 0.493. The van der Waals surface area contributed by atoms with Gasteiger partial charge in [0.25, 0.3) is 11.6 Å². The molecule has 19 heavy (non-hydrogen) atoms. The normalized spacial score (nSPS) is 22.2. The van der Waals surface area contributed by atoms with Crippen LogP contribution >= 0.6 is 0 Å². The number of phenols is 1. The van der Waals surface area contributed by atoms with Gasteiger partial charge in [-0.3, -0.25) is 14.9 Å². The van der Waals surface area contributed by atoms with Crippen LogP contribution in [0.5, 0.6) is 5.75 Å². The highest BCUT2D eigenvalue weighted by Crippen LogP contribution is 2.31. The fraction of sp³-hybridized carbons (Fsp3) is 0.417. The predicted octanol–water partition coefficient (Wildman–Crippen LogP) is 1.81. The van der Waals surface area contributed by atoms with Crippen LogP contribution in [-0.4, -0.2) is 28.1 Å². The summed E-state index contributed by atoms with van der Waals surface area (Å²) >= 11 is 0. The number of carbonyl (C=O) groups is 1. The Labute approximate surface area is 109 Å². The van der Waals surface area contributed by atoms with E-state index in [1.165, 1.54) is 12.1 Å². The van der Waals surface area contributed by atoms with Crippen LogP contribution < -0.4 is 5.32 Å². The number of amides is 1. The summed E-state index contributed by atoms with van der Waals surface area (Å²) in [4.78, 5) is 21.9. The first-order valence-corrected chi connectivity index (χ1v) is 5.85. The molecule has 1 amide bonds. The average Bonchev–Trinajstić information content (AvgIpc) is 2.80. The van der Waals surface area contributed by atoms with Crippen molar-refractivity contribution in [1.29, 1.82) is 0 Å². The van der Waals surface area contributed by atoms with E-state index in [2.05, 4.69) is 5.32 Å². The predicted molar refractivity (Wildman–Crippen MR) is 67.0 cm³/mol. The van der Waals surface area contributed by atoms with Gasteiger partial charge in [-0.1, -0.05) is 0 Å². The lowest BCUT2D eigenvalue weighted by Gasteiger charge is -2.22. The Bertz CT molecular complexity index is 523. The van der Waals surface area contributed by atoms with E-state index in [-0.39, 0.29) is 23.0 Å². The number of nitro benzene ring substituents is 1. The average molecular weight is 266 g/mol. The zero-order valence-corrected chi connectivity index (χ0v) is 10.4. The van der Waals surface area contributed by atoms with Crippen LogP contribution in [0, 0.1) is 10.1 Å². The Morgan fingerprint density at radius 1 is 1.58 bits per heavy atom. The summed E-state index contributed by atoms with van der Waals surface area (Å²) in [5, 5.41) is 22.7. The van der Waals surface area contributed by atoms with Crippen molar-refractivity contribution in [3.8, 4) is 5.75 Å². The van der Waals surface area contributed by atoms with Gasteiger partial charge in [0.05, 0.1) is 16.7 Å². The molecule has 1 aromatic rings. The van der Waals surface area contributed by atoms with Gasteiger partial charge >= 0.3 is 0 Å². The van der Waals surface area contributed by atoms with E-state index in [1.807, 2.05) is 0 Å². The van der Waals surface area contributed by atoms with E-state index in [0.29, 0.717) is 13.0 Å². The molecular formula is C12H14N2O5. The van der Waals surface area contributed by atoms with Gasteiger partial charge in [0, 0.05) is 12.7 Å². The fourth-order valence-electron chi connectivity index (χ4n) is 1.95. The maximum absolute atomic E-state index is 12.0. The Morgan fingerprint density at radius 3 is 2.84 bits per heavy atom. The second kappa shape index (κ2) is 4.85. The number of rotatable bonds is 3. The van der Waals surface area contributed by atoms with Crippen molar-refractivity contribution in [3.05, 3.63) is 28.3 Å². The van der Waals surface area contributed by atoms with Gasteiger partial charge in [-0.2, -0.15) is 0 Å². The number of benzene rings is 1. The van der Waals surface area contributed by atoms with Crippen LogP contribution in [0.3, 0.4) is 0 Å². The summed E-state index contributed by atoms with van der Waals surface area (Å²) in [5.41, 5.74) is -1.01. The molecule has 1 fully saturated rings. The van der Waals surface area contributed by atoms with Crippen LogP contribution in [0.4, 0.5) is 11.4 Å². The van der Waals surface area contributed by atoms with Crippen molar-refractivity contribution in [1.82, 2.24) is 0 Å². The first-order valence-electron chi connectivity index (χ1n) is 5.85. The molecule has 1 aliphatic heterocycles. The molecule has 1 unspecified atom stereocenters. The molecule has 0 bridgehead atoms. The zero-order valence-electron chi connectivity index (χ0n) is 10.4. The molecule has 2 rings (SSSR count). The largest absolute Gasteiger partial charge is 0.506 e. The minimum Gasteiger partial charge on any atom is -0.506 e. The van der Waals surface area contributed by atoms with E-state index in [4.69, 9.17) is 4.74 Å². The third kappa shape index (κ3) is 2.65. The highest BCUT2D eigenvalue weighted by Gasteiger charge is 2.38. The van der Waals surface area contributed by atoms with Crippen molar-refractivity contribution in [3.63, 3.8) is 0 Å². The lowest BCUT2D eigenvalue weighted by atomic mass is 10.0. The van der Waals surface area contributed by atoms with Crippen molar-refractivity contribution in [2.24, 2.45) is 0 Å². The molecule has 1 saturated heterocycles. The van der Waals surface area contributed by atoms with Crippen LogP contribution in [-0.2, 0) is 9.53 Å². The number of hydrogen-bond donors (Lipinski definition) is 2. The zero-order chi connectivity index (χ0) is 14.0. The highest BCUT2D eigenvalue weighted by atomic mass is 16.6. The summed E-state index contributed by atoms with van der Waals surface area (Å²) in [5.74, 6) is -0.710. The van der Waals surface area contributed by atoms with E-state index in [9.17, 15) is 20.0 Å². The van der Waals surface area contributed by atoms with E-state index >= 15 is 0 Å². The molecule has 1 aromatic carbocycles. The number of anilines is 1. The SMILES string of the molecule is CC1(C(=O)Nc2ccc([N+](=O)[O-])cc2O)CCCO1. The van der Waals surface area contributed by atoms with Gasteiger partial charge in [0.2, 0.25) is 0 Å². The van der Waals surface area contributed by atoms with Crippen molar-refractivity contribution >= 4 is 17.3 Å². The number of non-ortho nitro benzene ring substituents is 1. The summed E-state index contributed by atoms with van der Waals surface area (Å²) in [7, 11) is 0. The topological polar surface area (TPSA) is 102 Å². The van der Waals surface area contributed by atoms with Crippen LogP contribution in [0.15, 0.2) is 18.2 Å². The number of nitro groups is 1. The summed E-state index contributed by atoms with van der Waals surface area (Å²) in [6.45, 7) is 2.20. The number of hydrogen-bond acceptors (Lipinski definition) is 5. The molecule has 0 saturated carbocycles. The minimum atomic E-state index is -0.909. The van der Waals surface area contributed by atoms with Gasteiger partial charge < -0.3 is 15.2 Å². The Kier molecular flexibility index (Phi) is 3.39. The summed E-state index contributed by atoms with van der Waals surface area (Å²) in [6, 6.07) is 3.50. The molecule has 1 heterocycles. The van der Waals surface area contributed by atoms with Crippen molar-refractivity contribution in [2.75, 3.05) is 11.9 Å². The lowest BCUT2D eigenvalue weighted by Crippen LogP contribution is -2.39. The highest BCUT2D eigenvalue weighted by molar-refractivity contribution is 5.98. The van der Waals surface area contributed by atoms with Crippen LogP contribution in [0.25, 0.3) is 0 Å². The Morgan fingerprint density at radius 2 is 2.32 bits per heavy atom. The number of nitrogens with one attached hydrogen (secondary N) is 1. The maximum Gasteiger partial charge on any atom is 0.273 e. The Hall–Kier alpha value is -2.15. The van der Waals surface area contributed by atoms with E-state index in [0.717, 1.165) is 12.5 Å². The van der Waals surface area contributed by atoms with Crippen LogP contribution in [0.2, 0.25) is 0 Å². The van der Waals surface area contributed by atoms with Gasteiger partial charge in [0.15, 0.2) is 0 Å². The monoisotopic (exact) mass is 266 g/mol. The van der Waals surface area contributed by atoms with Crippen molar-refractivity contribution < 1.29 is 19.6 Å². The van der Waals surface area contributed by atoms with Crippen molar-refractivity contribution in [2.45, 2.75) is 25.4 Å². The molecule has 1 aliphatic rings. The summed E-state index contributed by atoms with van der Waals surface area (Å²) in [6.07, 6.45) is 1.41. The summed E-state index contributed by atoms with van der Waals surface area (Å²) < 4.78 is 5.37. The number of ether oxygens (including phenoxy) is 1. The van der Waals surface area contributed by atoms with Gasteiger partial charge in [-0.05, 0) is 25.8 Å². The van der Waals surface area contributed by atoms with Gasteiger partial charge in [0.1, 0.15) is 11.4 Å². The third-order valence-electron chi connectivity index (χ3n) is 3.14. The molecule has 0 aromatic heterocycles. The molecule has 102 valence electrons. The number of phenolic OH excluding ortho intramolecular Hbond substituents is 1. The minimum absolute atomic E-state index is 0.132. The second-order valence-corrected chi connectivity index (χ2v) is 4.60. The first-order chi connectivity index (χ1) is 8.92. The standard InChI is InChI=1S/C12H14N2O5/c1-12(5-2-6-19-12)11(16)13-9-4-3-8(14(17)18)7-10(9)15/h3-4,7,15H,2,5-6H2,1H3,(H,13,16). The number of nitrogens with zero attached hydrogens (tertiary/aromatic N) is 1. The van der Waals surface area contributed by atoms with E-state index < -0.39 is 10.5 Å². The van der Waals surface area contributed by atoms with Crippen LogP contribution in [0.1, 0.15) is 19.8 Å². The fourth-order valence-corrected chi connectivity index (χ4v) is 1.95. The molecule has 0 radical (unpaired) electrons. The second-order valence-electron chi connectivity index (χ2n) is 4.60. The molecule has 1 atom stereocenters. The molecule has 0 aliphatic carbocycles. The third-order valence-corrected chi connectivity index (χ3v) is 3.14. The number of carbonyl (C=O) groups excluding carboxylic acids is 1. The maximum atomic E-state index is 12.0.